The third-order valence-electron chi connectivity index (χ3n) is 2.83. The lowest BCUT2D eigenvalue weighted by atomic mass is 9.98. The zero-order valence-electron chi connectivity index (χ0n) is 10.3. The number of aliphatic hydroxyl groups is 1. The molecule has 2 aromatic rings. The van der Waals surface area contributed by atoms with E-state index >= 15 is 0 Å². The fourth-order valence-corrected chi connectivity index (χ4v) is 2.55. The minimum Gasteiger partial charge on any atom is -0.384 e. The molecule has 1 unspecified atom stereocenters. The lowest BCUT2D eigenvalue weighted by Crippen LogP contribution is -2.12. The second kappa shape index (κ2) is 5.94. The van der Waals surface area contributed by atoms with Crippen LogP contribution in [0.3, 0.4) is 0 Å². The van der Waals surface area contributed by atoms with Crippen molar-refractivity contribution in [2.45, 2.75) is 12.3 Å². The molecule has 21 heavy (non-hydrogen) atoms. The number of hydrogen-bond acceptors (Lipinski definition) is 1. The first-order valence-electron chi connectivity index (χ1n) is 5.70. The van der Waals surface area contributed by atoms with Crippen LogP contribution in [0.25, 0.3) is 0 Å². The predicted octanol–water partition coefficient (Wildman–Crippen LogP) is 5.34. The lowest BCUT2D eigenvalue weighted by molar-refractivity contribution is -0.140. The first-order valence-corrected chi connectivity index (χ1v) is 6.87. The smallest absolute Gasteiger partial charge is 0.384 e. The Morgan fingerprint density at radius 2 is 1.81 bits per heavy atom. The Balaban J connectivity index is 2.56. The van der Waals surface area contributed by atoms with Crippen LogP contribution in [-0.4, -0.2) is 5.11 Å². The maximum absolute atomic E-state index is 14.1. The highest BCUT2D eigenvalue weighted by molar-refractivity contribution is 9.10. The molecule has 0 aliphatic carbocycles. The molecular formula is C14H8BrClF4O. The quantitative estimate of drug-likeness (QED) is 0.694. The van der Waals surface area contributed by atoms with Crippen LogP contribution in [-0.2, 0) is 6.18 Å². The molecule has 0 aliphatic rings. The predicted molar refractivity (Wildman–Crippen MR) is 74.6 cm³/mol. The summed E-state index contributed by atoms with van der Waals surface area (Å²) in [6.07, 6.45) is -6.40. The van der Waals surface area contributed by atoms with Crippen molar-refractivity contribution in [2.24, 2.45) is 0 Å². The van der Waals surface area contributed by atoms with Gasteiger partial charge in [-0.2, -0.15) is 13.2 Å². The van der Waals surface area contributed by atoms with Gasteiger partial charge in [-0.3, -0.25) is 0 Å². The van der Waals surface area contributed by atoms with Crippen LogP contribution in [0.2, 0.25) is 5.02 Å². The van der Waals surface area contributed by atoms with E-state index in [1.54, 1.807) is 0 Å². The molecule has 1 nitrogen and oxygen atoms in total. The molecule has 1 atom stereocenters. The first-order chi connectivity index (χ1) is 9.70. The second-order valence-electron chi connectivity index (χ2n) is 4.31. The number of benzene rings is 2. The molecule has 0 amide bonds. The van der Waals surface area contributed by atoms with E-state index in [-0.39, 0.29) is 15.1 Å². The molecule has 0 heterocycles. The number of aliphatic hydroxyl groups excluding tert-OH is 1. The highest BCUT2D eigenvalue weighted by Gasteiger charge is 2.36. The summed E-state index contributed by atoms with van der Waals surface area (Å²) in [6, 6.07) is 7.60. The average Bonchev–Trinajstić information content (AvgIpc) is 2.39. The summed E-state index contributed by atoms with van der Waals surface area (Å²) >= 11 is 8.65. The number of hydrogen-bond donors (Lipinski definition) is 1. The molecule has 1 N–H and O–H groups in total. The largest absolute Gasteiger partial charge is 0.419 e. The third-order valence-corrected chi connectivity index (χ3v) is 3.52. The summed E-state index contributed by atoms with van der Waals surface area (Å²) in [5.41, 5.74) is -1.71. The molecule has 112 valence electrons. The van der Waals surface area contributed by atoms with Gasteiger partial charge in [-0.15, -0.1) is 0 Å². The van der Waals surface area contributed by atoms with Crippen molar-refractivity contribution in [1.82, 2.24) is 0 Å². The van der Waals surface area contributed by atoms with Gasteiger partial charge in [0.15, 0.2) is 0 Å². The van der Waals surface area contributed by atoms with Gasteiger partial charge < -0.3 is 5.11 Å². The van der Waals surface area contributed by atoms with Gasteiger partial charge in [-0.25, -0.2) is 4.39 Å². The van der Waals surface area contributed by atoms with Crippen LogP contribution in [0.4, 0.5) is 17.6 Å². The fraction of sp³-hybridized carbons (Fsp3) is 0.143. The van der Waals surface area contributed by atoms with E-state index in [2.05, 4.69) is 15.9 Å². The standard InChI is InChI=1S/C14H8BrClF4O/c15-8-5-10(12(17)11(6-8)14(18,19)20)13(21)7-2-1-3-9(16)4-7/h1-6,13,21H. The van der Waals surface area contributed by atoms with Crippen LogP contribution >= 0.6 is 27.5 Å². The Morgan fingerprint density at radius 3 is 2.38 bits per heavy atom. The Hall–Kier alpha value is -1.11. The van der Waals surface area contributed by atoms with Crippen molar-refractivity contribution >= 4 is 27.5 Å². The molecular weight excluding hydrogens is 376 g/mol. The van der Waals surface area contributed by atoms with Crippen LogP contribution in [0.15, 0.2) is 40.9 Å². The van der Waals surface area contributed by atoms with Crippen molar-refractivity contribution in [3.8, 4) is 0 Å². The molecule has 2 rings (SSSR count). The average molecular weight is 384 g/mol. The van der Waals surface area contributed by atoms with Gasteiger partial charge in [0.2, 0.25) is 0 Å². The van der Waals surface area contributed by atoms with E-state index in [4.69, 9.17) is 11.6 Å². The summed E-state index contributed by atoms with van der Waals surface area (Å²) in [4.78, 5) is 0. The maximum Gasteiger partial charge on any atom is 0.419 e. The third kappa shape index (κ3) is 3.56. The topological polar surface area (TPSA) is 20.2 Å². The number of rotatable bonds is 2. The molecule has 2 aromatic carbocycles. The summed E-state index contributed by atoms with van der Waals surface area (Å²) in [5.74, 6) is -1.50. The molecule has 0 fully saturated rings. The van der Waals surface area contributed by atoms with E-state index in [0.29, 0.717) is 6.07 Å². The molecule has 0 spiro atoms. The molecule has 0 bridgehead atoms. The van der Waals surface area contributed by atoms with E-state index in [1.807, 2.05) is 0 Å². The monoisotopic (exact) mass is 382 g/mol. The highest BCUT2D eigenvalue weighted by atomic mass is 79.9. The second-order valence-corrected chi connectivity index (χ2v) is 5.66. The van der Waals surface area contributed by atoms with Gasteiger partial charge in [-0.05, 0) is 29.8 Å². The van der Waals surface area contributed by atoms with Crippen molar-refractivity contribution in [1.29, 1.82) is 0 Å². The molecule has 0 saturated heterocycles. The Kier molecular flexibility index (Phi) is 4.60. The number of halogens is 6. The van der Waals surface area contributed by atoms with Gasteiger partial charge in [0.05, 0.1) is 5.56 Å². The molecule has 0 radical (unpaired) electrons. The molecule has 0 saturated carbocycles. The van der Waals surface area contributed by atoms with Crippen molar-refractivity contribution < 1.29 is 22.7 Å². The van der Waals surface area contributed by atoms with Gasteiger partial charge >= 0.3 is 6.18 Å². The Morgan fingerprint density at radius 1 is 1.14 bits per heavy atom. The fourth-order valence-electron chi connectivity index (χ4n) is 1.87. The number of alkyl halides is 3. The van der Waals surface area contributed by atoms with E-state index in [9.17, 15) is 22.7 Å². The zero-order valence-corrected chi connectivity index (χ0v) is 12.6. The summed E-state index contributed by atoms with van der Waals surface area (Å²) in [7, 11) is 0. The van der Waals surface area contributed by atoms with Gasteiger partial charge in [0.1, 0.15) is 11.9 Å². The molecule has 7 heteroatoms. The summed E-state index contributed by atoms with van der Waals surface area (Å²) in [6.45, 7) is 0. The molecule has 0 aromatic heterocycles. The van der Waals surface area contributed by atoms with Crippen molar-refractivity contribution in [2.75, 3.05) is 0 Å². The zero-order chi connectivity index (χ0) is 15.8. The summed E-state index contributed by atoms with van der Waals surface area (Å²) < 4.78 is 52.4. The van der Waals surface area contributed by atoms with Crippen LogP contribution in [0.1, 0.15) is 22.8 Å². The van der Waals surface area contributed by atoms with Crippen LogP contribution in [0, 0.1) is 5.82 Å². The van der Waals surface area contributed by atoms with Crippen LogP contribution in [0.5, 0.6) is 0 Å². The lowest BCUT2D eigenvalue weighted by Gasteiger charge is -2.17. The van der Waals surface area contributed by atoms with Crippen molar-refractivity contribution in [3.63, 3.8) is 0 Å². The Bertz CT molecular complexity index is 673. The normalized spacial score (nSPS) is 13.3. The van der Waals surface area contributed by atoms with Crippen LogP contribution < -0.4 is 0 Å². The molecule has 0 aliphatic heterocycles. The van der Waals surface area contributed by atoms with E-state index in [1.165, 1.54) is 24.3 Å². The van der Waals surface area contributed by atoms with Gasteiger partial charge in [0.25, 0.3) is 0 Å². The Labute approximate surface area is 131 Å². The van der Waals surface area contributed by atoms with Crippen molar-refractivity contribution in [3.05, 3.63) is 68.4 Å². The maximum atomic E-state index is 14.1. The van der Waals surface area contributed by atoms with Gasteiger partial charge in [0, 0.05) is 15.1 Å². The minimum absolute atomic E-state index is 0.0207. The SMILES string of the molecule is OC(c1cccc(Cl)c1)c1cc(Br)cc(C(F)(F)F)c1F. The van der Waals surface area contributed by atoms with E-state index < -0.39 is 29.2 Å². The summed E-state index contributed by atoms with van der Waals surface area (Å²) in [5, 5.41) is 10.4. The van der Waals surface area contributed by atoms with Gasteiger partial charge in [-0.1, -0.05) is 39.7 Å². The highest BCUT2D eigenvalue weighted by Crippen LogP contribution is 2.37. The minimum atomic E-state index is -4.85. The van der Waals surface area contributed by atoms with E-state index in [0.717, 1.165) is 6.07 Å². The first kappa shape index (κ1) is 16.3.